The van der Waals surface area contributed by atoms with Gasteiger partial charge in [-0.05, 0) is 31.2 Å². The lowest BCUT2D eigenvalue weighted by Crippen LogP contribution is -2.21. The maximum atomic E-state index is 5.18. The summed E-state index contributed by atoms with van der Waals surface area (Å²) in [6.45, 7) is 7.24. The van der Waals surface area contributed by atoms with E-state index in [9.17, 15) is 0 Å². The Morgan fingerprint density at radius 2 is 1.95 bits per heavy atom. The minimum Gasteiger partial charge on any atom is -0.497 e. The Labute approximate surface area is 118 Å². The first-order valence-corrected chi connectivity index (χ1v) is 7.26. The van der Waals surface area contributed by atoms with E-state index in [1.165, 1.54) is 4.88 Å². The van der Waals surface area contributed by atoms with Gasteiger partial charge in [-0.1, -0.05) is 13.8 Å². The summed E-state index contributed by atoms with van der Waals surface area (Å²) in [5, 5.41) is 4.54. The van der Waals surface area contributed by atoms with Crippen LogP contribution in [0, 0.1) is 6.92 Å². The summed E-state index contributed by atoms with van der Waals surface area (Å²) in [7, 11) is 1.68. The first-order valence-electron chi connectivity index (χ1n) is 6.44. The van der Waals surface area contributed by atoms with E-state index in [-0.39, 0.29) is 0 Å². The number of benzene rings is 1. The summed E-state index contributed by atoms with van der Waals surface area (Å²) in [6, 6.07) is 8.54. The molecule has 0 saturated heterocycles. The molecule has 0 amide bonds. The summed E-state index contributed by atoms with van der Waals surface area (Å²) in [6.07, 6.45) is 0. The van der Waals surface area contributed by atoms with Gasteiger partial charge in [0.15, 0.2) is 0 Å². The molecule has 0 aliphatic heterocycles. The van der Waals surface area contributed by atoms with E-state index in [4.69, 9.17) is 9.72 Å². The van der Waals surface area contributed by atoms with Gasteiger partial charge in [0.2, 0.25) is 0 Å². The number of ether oxygens (including phenoxy) is 1. The summed E-state index contributed by atoms with van der Waals surface area (Å²) < 4.78 is 5.18. The molecule has 0 saturated carbocycles. The second kappa shape index (κ2) is 6.17. The van der Waals surface area contributed by atoms with Crippen LogP contribution in [0.2, 0.25) is 0 Å². The van der Waals surface area contributed by atoms with Crippen molar-refractivity contribution in [3.63, 3.8) is 0 Å². The van der Waals surface area contributed by atoms with E-state index in [2.05, 4.69) is 38.2 Å². The van der Waals surface area contributed by atoms with Crippen molar-refractivity contribution in [3.05, 3.63) is 34.2 Å². The number of thiazole rings is 1. The number of methoxy groups -OCH3 is 1. The van der Waals surface area contributed by atoms with Crippen LogP contribution in [0.3, 0.4) is 0 Å². The fraction of sp³-hybridized carbons (Fsp3) is 0.400. The van der Waals surface area contributed by atoms with E-state index in [0.717, 1.165) is 28.6 Å². The maximum absolute atomic E-state index is 5.18. The fourth-order valence-corrected chi connectivity index (χ4v) is 2.74. The third-order valence-electron chi connectivity index (χ3n) is 2.87. The summed E-state index contributed by atoms with van der Waals surface area (Å²) in [5.74, 6) is 0.873. The predicted molar refractivity (Wildman–Crippen MR) is 80.8 cm³/mol. The Kier molecular flexibility index (Phi) is 4.56. The molecule has 0 aliphatic carbocycles. The molecule has 19 heavy (non-hydrogen) atoms. The monoisotopic (exact) mass is 276 g/mol. The largest absolute Gasteiger partial charge is 0.497 e. The zero-order valence-electron chi connectivity index (χ0n) is 11.9. The van der Waals surface area contributed by atoms with Crippen LogP contribution < -0.4 is 10.1 Å². The number of hydrogen-bond donors (Lipinski definition) is 1. The number of aryl methyl sites for hydroxylation is 1. The van der Waals surface area contributed by atoms with Gasteiger partial charge in [-0.15, -0.1) is 11.3 Å². The molecule has 1 heterocycles. The van der Waals surface area contributed by atoms with Crippen molar-refractivity contribution >= 4 is 11.3 Å². The SMILES string of the molecule is COc1ccc(-c2nc(CNC(C)C)sc2C)cc1. The van der Waals surface area contributed by atoms with Crippen LogP contribution in [0.5, 0.6) is 5.75 Å². The lowest BCUT2D eigenvalue weighted by molar-refractivity contribution is 0.415. The lowest BCUT2D eigenvalue weighted by atomic mass is 10.1. The number of hydrogen-bond acceptors (Lipinski definition) is 4. The Bertz CT molecular complexity index is 532. The van der Waals surface area contributed by atoms with Gasteiger partial charge in [-0.2, -0.15) is 0 Å². The quantitative estimate of drug-likeness (QED) is 0.905. The molecule has 1 aromatic carbocycles. The van der Waals surface area contributed by atoms with Crippen molar-refractivity contribution in [2.75, 3.05) is 7.11 Å². The van der Waals surface area contributed by atoms with Gasteiger partial charge in [-0.3, -0.25) is 0 Å². The highest BCUT2D eigenvalue weighted by Crippen LogP contribution is 2.28. The third kappa shape index (κ3) is 3.55. The molecule has 2 aromatic rings. The van der Waals surface area contributed by atoms with Crippen LogP contribution in [-0.2, 0) is 6.54 Å². The van der Waals surface area contributed by atoms with Gasteiger partial charge in [0.25, 0.3) is 0 Å². The molecular weight excluding hydrogens is 256 g/mol. The van der Waals surface area contributed by atoms with E-state index in [0.29, 0.717) is 6.04 Å². The smallest absolute Gasteiger partial charge is 0.118 e. The molecule has 1 aromatic heterocycles. The van der Waals surface area contributed by atoms with Crippen molar-refractivity contribution in [2.45, 2.75) is 33.4 Å². The number of nitrogens with one attached hydrogen (secondary N) is 1. The molecule has 0 bridgehead atoms. The van der Waals surface area contributed by atoms with Gasteiger partial charge in [-0.25, -0.2) is 4.98 Å². The normalized spacial score (nSPS) is 11.0. The fourth-order valence-electron chi connectivity index (χ4n) is 1.84. The predicted octanol–water partition coefficient (Wildman–Crippen LogP) is 3.63. The van der Waals surface area contributed by atoms with Crippen molar-refractivity contribution in [2.24, 2.45) is 0 Å². The van der Waals surface area contributed by atoms with Crippen LogP contribution in [0.15, 0.2) is 24.3 Å². The third-order valence-corrected chi connectivity index (χ3v) is 3.84. The Balaban J connectivity index is 2.19. The topological polar surface area (TPSA) is 34.1 Å². The van der Waals surface area contributed by atoms with Crippen LogP contribution in [-0.4, -0.2) is 18.1 Å². The molecular formula is C15H20N2OS. The molecule has 3 nitrogen and oxygen atoms in total. The molecule has 0 spiro atoms. The molecule has 4 heteroatoms. The summed E-state index contributed by atoms with van der Waals surface area (Å²) >= 11 is 1.76. The molecule has 0 atom stereocenters. The molecule has 0 unspecified atom stereocenters. The minimum atomic E-state index is 0.480. The summed E-state index contributed by atoms with van der Waals surface area (Å²) in [5.41, 5.74) is 2.22. The highest BCUT2D eigenvalue weighted by molar-refractivity contribution is 7.12. The molecule has 102 valence electrons. The Hall–Kier alpha value is -1.39. The van der Waals surface area contributed by atoms with E-state index in [1.54, 1.807) is 18.4 Å². The zero-order valence-corrected chi connectivity index (χ0v) is 12.7. The average Bonchev–Trinajstić information content (AvgIpc) is 2.78. The molecule has 0 aliphatic rings. The van der Waals surface area contributed by atoms with Crippen LogP contribution in [0.1, 0.15) is 23.7 Å². The van der Waals surface area contributed by atoms with Crippen LogP contribution in [0.4, 0.5) is 0 Å². The van der Waals surface area contributed by atoms with Crippen LogP contribution >= 0.6 is 11.3 Å². The molecule has 2 rings (SSSR count). The number of rotatable bonds is 5. The van der Waals surface area contributed by atoms with Gasteiger partial charge in [0, 0.05) is 23.0 Å². The minimum absolute atomic E-state index is 0.480. The average molecular weight is 276 g/mol. The van der Waals surface area contributed by atoms with Crippen molar-refractivity contribution < 1.29 is 4.74 Å². The van der Waals surface area contributed by atoms with Gasteiger partial charge >= 0.3 is 0 Å². The van der Waals surface area contributed by atoms with Crippen molar-refractivity contribution in [1.29, 1.82) is 0 Å². The Morgan fingerprint density at radius 3 is 2.53 bits per heavy atom. The first kappa shape index (κ1) is 14.0. The van der Waals surface area contributed by atoms with E-state index < -0.39 is 0 Å². The van der Waals surface area contributed by atoms with Gasteiger partial charge in [0.1, 0.15) is 10.8 Å². The standard InChI is InChI=1S/C15H20N2OS/c1-10(2)16-9-14-17-15(11(3)19-14)12-5-7-13(18-4)8-6-12/h5-8,10,16H,9H2,1-4H3. The lowest BCUT2D eigenvalue weighted by Gasteiger charge is -2.04. The molecule has 0 radical (unpaired) electrons. The maximum Gasteiger partial charge on any atom is 0.118 e. The zero-order chi connectivity index (χ0) is 13.8. The second-order valence-electron chi connectivity index (χ2n) is 4.78. The summed E-state index contributed by atoms with van der Waals surface area (Å²) in [4.78, 5) is 5.98. The molecule has 1 N–H and O–H groups in total. The van der Waals surface area contributed by atoms with E-state index >= 15 is 0 Å². The van der Waals surface area contributed by atoms with Gasteiger partial charge in [0.05, 0.1) is 12.8 Å². The number of nitrogens with zero attached hydrogens (tertiary/aromatic N) is 1. The first-order chi connectivity index (χ1) is 9.10. The highest BCUT2D eigenvalue weighted by atomic mass is 32.1. The Morgan fingerprint density at radius 1 is 1.26 bits per heavy atom. The molecule has 0 fully saturated rings. The van der Waals surface area contributed by atoms with Gasteiger partial charge < -0.3 is 10.1 Å². The second-order valence-corrected chi connectivity index (χ2v) is 6.06. The van der Waals surface area contributed by atoms with Crippen molar-refractivity contribution in [3.8, 4) is 17.0 Å². The highest BCUT2D eigenvalue weighted by Gasteiger charge is 2.10. The van der Waals surface area contributed by atoms with Crippen molar-refractivity contribution in [1.82, 2.24) is 10.3 Å². The number of aromatic nitrogens is 1. The van der Waals surface area contributed by atoms with Crippen LogP contribution in [0.25, 0.3) is 11.3 Å². The van der Waals surface area contributed by atoms with E-state index in [1.807, 2.05) is 12.1 Å².